The molecule has 5 aromatic rings. The summed E-state index contributed by atoms with van der Waals surface area (Å²) in [4.78, 5) is 3.15. The predicted molar refractivity (Wildman–Crippen MR) is 145 cm³/mol. The van der Waals surface area contributed by atoms with E-state index in [1.165, 1.54) is 95.2 Å². The van der Waals surface area contributed by atoms with Crippen molar-refractivity contribution in [2.45, 2.75) is 78.1 Å². The fourth-order valence-electron chi connectivity index (χ4n) is 4.65. The first-order chi connectivity index (χ1) is 15.2. The fourth-order valence-corrected chi connectivity index (χ4v) is 9.65. The van der Waals surface area contributed by atoms with E-state index in [9.17, 15) is 0 Å². The van der Waals surface area contributed by atoms with E-state index in [1.807, 2.05) is 22.7 Å². The van der Waals surface area contributed by atoms with Crippen molar-refractivity contribution >= 4 is 76.6 Å². The molecular weight excluding hydrogens is 479 g/mol. The van der Waals surface area contributed by atoms with Gasteiger partial charge in [0.2, 0.25) is 0 Å². The van der Waals surface area contributed by atoms with Gasteiger partial charge in [0.15, 0.2) is 0 Å². The molecule has 3 heterocycles. The van der Waals surface area contributed by atoms with Crippen LogP contribution in [0.15, 0.2) is 36.4 Å². The molecule has 0 unspecified atom stereocenters. The Hall–Kier alpha value is -1.12. The Labute approximate surface area is 200 Å². The molecule has 0 aliphatic rings. The molecule has 0 spiro atoms. The zero-order chi connectivity index (χ0) is 21.2. The standard InChI is InChI=1S/C28H32S2Se/c1-3-5-7-9-11-21-13-19-15-23-24-16-20-14-22(12-10-8-6-4-2)30-26(20)18-28(24)31-27(23)17-25(19)29-21/h13-18H,3-12H2,1-2H3. The third kappa shape index (κ3) is 4.66. The van der Waals surface area contributed by atoms with Gasteiger partial charge in [0.05, 0.1) is 0 Å². The number of benzene rings is 2. The summed E-state index contributed by atoms with van der Waals surface area (Å²) in [7, 11) is 0. The van der Waals surface area contributed by atoms with Crippen molar-refractivity contribution in [3.05, 3.63) is 46.2 Å². The summed E-state index contributed by atoms with van der Waals surface area (Å²) in [6.45, 7) is 4.58. The van der Waals surface area contributed by atoms with Crippen LogP contribution in [0.25, 0.3) is 39.5 Å². The summed E-state index contributed by atoms with van der Waals surface area (Å²) in [5.74, 6) is 0. The topological polar surface area (TPSA) is 0 Å². The molecule has 0 N–H and O–H groups in total. The van der Waals surface area contributed by atoms with Crippen LogP contribution in [0.1, 0.15) is 75.0 Å². The van der Waals surface area contributed by atoms with E-state index in [1.54, 1.807) is 18.3 Å². The van der Waals surface area contributed by atoms with Gasteiger partial charge in [0, 0.05) is 0 Å². The molecule has 0 amide bonds. The maximum atomic E-state index is 2.51. The Morgan fingerprint density at radius 3 is 1.52 bits per heavy atom. The van der Waals surface area contributed by atoms with Gasteiger partial charge in [0.25, 0.3) is 0 Å². The van der Waals surface area contributed by atoms with Crippen LogP contribution in [0, 0.1) is 0 Å². The molecule has 5 rings (SSSR count). The van der Waals surface area contributed by atoms with Crippen molar-refractivity contribution in [3.63, 3.8) is 0 Å². The molecule has 0 aliphatic heterocycles. The Morgan fingerprint density at radius 2 is 1.06 bits per heavy atom. The van der Waals surface area contributed by atoms with Crippen LogP contribution in [0.3, 0.4) is 0 Å². The molecule has 3 aromatic heterocycles. The van der Waals surface area contributed by atoms with E-state index in [2.05, 4.69) is 50.2 Å². The second-order valence-corrected chi connectivity index (χ2v) is 13.5. The maximum absolute atomic E-state index is 2.51. The second-order valence-electron chi connectivity index (χ2n) is 8.92. The molecule has 0 saturated heterocycles. The summed E-state index contributed by atoms with van der Waals surface area (Å²) in [6, 6.07) is 14.9. The van der Waals surface area contributed by atoms with Crippen LogP contribution in [-0.4, -0.2) is 14.5 Å². The number of hydrogen-bond acceptors (Lipinski definition) is 2. The zero-order valence-corrected chi connectivity index (χ0v) is 22.1. The number of fused-ring (bicyclic) bond motifs is 5. The third-order valence-electron chi connectivity index (χ3n) is 6.40. The molecular formula is C28H32S2Se. The Bertz CT molecular complexity index is 1220. The molecule has 0 fully saturated rings. The molecule has 2 aromatic carbocycles. The number of aryl methyl sites for hydroxylation is 2. The van der Waals surface area contributed by atoms with Gasteiger partial charge >= 0.3 is 201 Å². The summed E-state index contributed by atoms with van der Waals surface area (Å²) >= 11 is 4.51. The van der Waals surface area contributed by atoms with Crippen molar-refractivity contribution in [1.29, 1.82) is 0 Å². The van der Waals surface area contributed by atoms with Gasteiger partial charge in [-0.1, -0.05) is 0 Å². The van der Waals surface area contributed by atoms with Crippen LogP contribution in [0.4, 0.5) is 0 Å². The number of rotatable bonds is 10. The average Bonchev–Trinajstić information content (AvgIpc) is 3.44. The average molecular weight is 512 g/mol. The van der Waals surface area contributed by atoms with E-state index in [-0.39, 0.29) is 0 Å². The minimum atomic E-state index is 0.448. The van der Waals surface area contributed by atoms with Crippen LogP contribution < -0.4 is 0 Å². The normalized spacial score (nSPS) is 12.2. The summed E-state index contributed by atoms with van der Waals surface area (Å²) in [5.41, 5.74) is 0. The summed E-state index contributed by atoms with van der Waals surface area (Å²) in [6.07, 6.45) is 13.3. The fraction of sp³-hybridized carbons (Fsp3) is 0.429. The van der Waals surface area contributed by atoms with Gasteiger partial charge in [-0.3, -0.25) is 0 Å². The Kier molecular flexibility index (Phi) is 6.86. The van der Waals surface area contributed by atoms with Gasteiger partial charge in [-0.25, -0.2) is 0 Å². The monoisotopic (exact) mass is 512 g/mol. The van der Waals surface area contributed by atoms with Crippen LogP contribution in [0.5, 0.6) is 0 Å². The molecule has 0 atom stereocenters. The van der Waals surface area contributed by atoms with E-state index >= 15 is 0 Å². The molecule has 0 aliphatic carbocycles. The molecule has 0 radical (unpaired) electrons. The molecule has 162 valence electrons. The van der Waals surface area contributed by atoms with E-state index in [0.29, 0.717) is 14.5 Å². The Morgan fingerprint density at radius 1 is 0.581 bits per heavy atom. The summed E-state index contributed by atoms with van der Waals surface area (Å²) in [5, 5.41) is 5.94. The van der Waals surface area contributed by atoms with Gasteiger partial charge < -0.3 is 0 Å². The first kappa shape index (κ1) is 21.7. The quantitative estimate of drug-likeness (QED) is 0.129. The molecule has 0 nitrogen and oxygen atoms in total. The SMILES string of the molecule is CCCCCCc1cc2cc3c(cc2s1)[se]c1cc2sc(CCCCCC)cc2cc13. The van der Waals surface area contributed by atoms with Crippen molar-refractivity contribution in [3.8, 4) is 0 Å². The van der Waals surface area contributed by atoms with Gasteiger partial charge in [0.1, 0.15) is 0 Å². The first-order valence-electron chi connectivity index (χ1n) is 12.1. The van der Waals surface area contributed by atoms with Gasteiger partial charge in [-0.2, -0.15) is 0 Å². The summed E-state index contributed by atoms with van der Waals surface area (Å²) < 4.78 is 6.17. The molecule has 31 heavy (non-hydrogen) atoms. The molecule has 0 saturated carbocycles. The van der Waals surface area contributed by atoms with E-state index in [0.717, 1.165) is 0 Å². The van der Waals surface area contributed by atoms with E-state index < -0.39 is 0 Å². The third-order valence-corrected chi connectivity index (χ3v) is 11.1. The predicted octanol–water partition coefficient (Wildman–Crippen LogP) is 9.72. The second kappa shape index (κ2) is 9.79. The Balaban J connectivity index is 1.44. The van der Waals surface area contributed by atoms with Crippen molar-refractivity contribution in [1.82, 2.24) is 0 Å². The van der Waals surface area contributed by atoms with Crippen LogP contribution in [0.2, 0.25) is 0 Å². The van der Waals surface area contributed by atoms with E-state index in [4.69, 9.17) is 0 Å². The minimum absolute atomic E-state index is 0.448. The van der Waals surface area contributed by atoms with Crippen molar-refractivity contribution in [2.24, 2.45) is 0 Å². The van der Waals surface area contributed by atoms with Gasteiger partial charge in [-0.15, -0.1) is 0 Å². The van der Waals surface area contributed by atoms with Gasteiger partial charge in [-0.05, 0) is 0 Å². The molecule has 3 heteroatoms. The number of thiophene rings is 2. The number of unbranched alkanes of at least 4 members (excludes halogenated alkanes) is 6. The van der Waals surface area contributed by atoms with Crippen molar-refractivity contribution < 1.29 is 0 Å². The molecule has 0 bridgehead atoms. The van der Waals surface area contributed by atoms with Crippen LogP contribution >= 0.6 is 22.7 Å². The first-order valence-corrected chi connectivity index (χ1v) is 15.4. The zero-order valence-electron chi connectivity index (χ0n) is 18.8. The number of hydrogen-bond donors (Lipinski definition) is 0. The van der Waals surface area contributed by atoms with Crippen molar-refractivity contribution in [2.75, 3.05) is 0 Å². The van der Waals surface area contributed by atoms with Crippen LogP contribution in [-0.2, 0) is 12.8 Å².